The maximum absolute atomic E-state index is 11.7. The Morgan fingerprint density at radius 2 is 2.00 bits per heavy atom. The molecule has 1 saturated heterocycles. The minimum absolute atomic E-state index is 0.0195. The van der Waals surface area contributed by atoms with Crippen molar-refractivity contribution in [2.45, 2.75) is 20.3 Å². The summed E-state index contributed by atoms with van der Waals surface area (Å²) < 4.78 is 0. The topological polar surface area (TPSA) is 83.4 Å². The molecule has 17 heavy (non-hydrogen) atoms. The van der Waals surface area contributed by atoms with Gasteiger partial charge in [-0.05, 0) is 19.9 Å². The molecule has 1 aromatic heterocycles. The van der Waals surface area contributed by atoms with Crippen molar-refractivity contribution in [3.63, 3.8) is 0 Å². The van der Waals surface area contributed by atoms with Gasteiger partial charge in [0.25, 0.3) is 0 Å². The highest BCUT2D eigenvalue weighted by atomic mass is 16.4. The number of hydrogen-bond acceptors (Lipinski definition) is 4. The summed E-state index contributed by atoms with van der Waals surface area (Å²) in [5, 5.41) is 8.89. The molecule has 1 N–H and O–H groups in total. The molecular formula is C11H13N3O3. The van der Waals surface area contributed by atoms with Crippen molar-refractivity contribution in [3.8, 4) is 0 Å². The van der Waals surface area contributed by atoms with E-state index >= 15 is 0 Å². The number of carboxylic acids is 1. The number of aryl methyl sites for hydroxylation is 2. The molecule has 2 heterocycles. The van der Waals surface area contributed by atoms with Gasteiger partial charge in [-0.15, -0.1) is 0 Å². The van der Waals surface area contributed by atoms with Gasteiger partial charge in [0.1, 0.15) is 0 Å². The molecule has 0 bridgehead atoms. The van der Waals surface area contributed by atoms with Crippen molar-refractivity contribution in [1.29, 1.82) is 0 Å². The number of anilines is 1. The van der Waals surface area contributed by atoms with Crippen LogP contribution in [0.4, 0.5) is 5.95 Å². The van der Waals surface area contributed by atoms with Gasteiger partial charge in [0, 0.05) is 24.4 Å². The van der Waals surface area contributed by atoms with E-state index < -0.39 is 11.9 Å². The number of amides is 1. The minimum Gasteiger partial charge on any atom is -0.481 e. The first-order valence-corrected chi connectivity index (χ1v) is 5.33. The maximum Gasteiger partial charge on any atom is 0.308 e. The quantitative estimate of drug-likeness (QED) is 0.808. The normalized spacial score (nSPS) is 19.8. The lowest BCUT2D eigenvalue weighted by Gasteiger charge is -2.14. The van der Waals surface area contributed by atoms with Crippen LogP contribution in [0.15, 0.2) is 6.07 Å². The van der Waals surface area contributed by atoms with E-state index in [1.807, 2.05) is 13.8 Å². The standard InChI is InChI=1S/C11H13N3O3/c1-6-3-7(2)13-11(12-6)14-5-8(10(16)17)4-9(14)15/h3,8H,4-5H2,1-2H3,(H,16,17). The van der Waals surface area contributed by atoms with E-state index in [1.54, 1.807) is 6.07 Å². The van der Waals surface area contributed by atoms with Crippen LogP contribution in [-0.2, 0) is 9.59 Å². The van der Waals surface area contributed by atoms with Crippen LogP contribution in [0.1, 0.15) is 17.8 Å². The van der Waals surface area contributed by atoms with Crippen molar-refractivity contribution in [2.75, 3.05) is 11.4 Å². The summed E-state index contributed by atoms with van der Waals surface area (Å²) in [6.45, 7) is 3.78. The number of rotatable bonds is 2. The first-order chi connectivity index (χ1) is 7.97. The fourth-order valence-electron chi connectivity index (χ4n) is 1.89. The lowest BCUT2D eigenvalue weighted by Crippen LogP contribution is -2.28. The fraction of sp³-hybridized carbons (Fsp3) is 0.455. The maximum atomic E-state index is 11.7. The molecular weight excluding hydrogens is 222 g/mol. The van der Waals surface area contributed by atoms with Gasteiger partial charge in [-0.3, -0.25) is 14.5 Å². The number of aliphatic carboxylic acids is 1. The second-order valence-corrected chi connectivity index (χ2v) is 4.19. The number of hydrogen-bond donors (Lipinski definition) is 1. The van der Waals surface area contributed by atoms with Gasteiger partial charge in [-0.1, -0.05) is 0 Å². The first kappa shape index (κ1) is 11.5. The zero-order valence-electron chi connectivity index (χ0n) is 9.67. The summed E-state index contributed by atoms with van der Waals surface area (Å²) in [5.74, 6) is -1.55. The smallest absolute Gasteiger partial charge is 0.308 e. The van der Waals surface area contributed by atoms with Gasteiger partial charge >= 0.3 is 5.97 Å². The van der Waals surface area contributed by atoms with Crippen LogP contribution in [-0.4, -0.2) is 33.5 Å². The molecule has 1 amide bonds. The molecule has 1 aromatic rings. The van der Waals surface area contributed by atoms with E-state index in [1.165, 1.54) is 4.90 Å². The Morgan fingerprint density at radius 1 is 1.41 bits per heavy atom. The second-order valence-electron chi connectivity index (χ2n) is 4.19. The van der Waals surface area contributed by atoms with Gasteiger partial charge < -0.3 is 5.11 Å². The number of aromatic nitrogens is 2. The summed E-state index contributed by atoms with van der Waals surface area (Å²) in [5.41, 5.74) is 1.53. The second kappa shape index (κ2) is 4.12. The lowest BCUT2D eigenvalue weighted by molar-refractivity contribution is -0.141. The van der Waals surface area contributed by atoms with Crippen LogP contribution in [0.5, 0.6) is 0 Å². The zero-order chi connectivity index (χ0) is 12.6. The minimum atomic E-state index is -0.953. The Bertz CT molecular complexity index is 467. The third kappa shape index (κ3) is 2.25. The highest BCUT2D eigenvalue weighted by Crippen LogP contribution is 2.22. The molecule has 0 radical (unpaired) electrons. The molecule has 1 fully saturated rings. The molecule has 1 unspecified atom stereocenters. The Balaban J connectivity index is 2.28. The largest absolute Gasteiger partial charge is 0.481 e. The summed E-state index contributed by atoms with van der Waals surface area (Å²) in [7, 11) is 0. The molecule has 0 aliphatic carbocycles. The summed E-state index contributed by atoms with van der Waals surface area (Å²) in [6, 6.07) is 1.80. The molecule has 1 aliphatic heterocycles. The lowest BCUT2D eigenvalue weighted by atomic mass is 10.1. The van der Waals surface area contributed by atoms with Crippen LogP contribution < -0.4 is 4.90 Å². The van der Waals surface area contributed by atoms with E-state index in [9.17, 15) is 9.59 Å². The van der Waals surface area contributed by atoms with Gasteiger partial charge in [-0.2, -0.15) is 0 Å². The average Bonchev–Trinajstić information content (AvgIpc) is 2.59. The number of carbonyl (C=O) groups excluding carboxylic acids is 1. The third-order valence-electron chi connectivity index (χ3n) is 2.69. The monoisotopic (exact) mass is 235 g/mol. The van der Waals surface area contributed by atoms with Crippen LogP contribution in [0, 0.1) is 19.8 Å². The molecule has 6 nitrogen and oxygen atoms in total. The summed E-state index contributed by atoms with van der Waals surface area (Å²) in [6.07, 6.45) is 0.0195. The third-order valence-corrected chi connectivity index (χ3v) is 2.69. The molecule has 0 spiro atoms. The molecule has 1 aliphatic rings. The summed E-state index contributed by atoms with van der Waals surface area (Å²) >= 11 is 0. The first-order valence-electron chi connectivity index (χ1n) is 5.33. The van der Waals surface area contributed by atoms with E-state index in [0.29, 0.717) is 5.95 Å². The van der Waals surface area contributed by atoms with Gasteiger partial charge in [0.2, 0.25) is 11.9 Å². The number of carbonyl (C=O) groups is 2. The molecule has 6 heteroatoms. The Kier molecular flexibility index (Phi) is 2.79. The molecule has 90 valence electrons. The van der Waals surface area contributed by atoms with Crippen LogP contribution >= 0.6 is 0 Å². The van der Waals surface area contributed by atoms with Crippen LogP contribution in [0.25, 0.3) is 0 Å². The highest BCUT2D eigenvalue weighted by Gasteiger charge is 2.36. The molecule has 0 aromatic carbocycles. The van der Waals surface area contributed by atoms with Crippen molar-refractivity contribution in [1.82, 2.24) is 9.97 Å². The van der Waals surface area contributed by atoms with E-state index in [0.717, 1.165) is 11.4 Å². The summed E-state index contributed by atoms with van der Waals surface area (Å²) in [4.78, 5) is 32.2. The van der Waals surface area contributed by atoms with Crippen LogP contribution in [0.2, 0.25) is 0 Å². The Morgan fingerprint density at radius 3 is 2.47 bits per heavy atom. The fourth-order valence-corrected chi connectivity index (χ4v) is 1.89. The molecule has 2 rings (SSSR count). The highest BCUT2D eigenvalue weighted by molar-refractivity contribution is 5.97. The van der Waals surface area contributed by atoms with E-state index in [2.05, 4.69) is 9.97 Å². The SMILES string of the molecule is Cc1cc(C)nc(N2CC(C(=O)O)CC2=O)n1. The zero-order valence-corrected chi connectivity index (χ0v) is 9.67. The molecule has 1 atom stereocenters. The van der Waals surface area contributed by atoms with Gasteiger partial charge in [0.05, 0.1) is 5.92 Å². The Hall–Kier alpha value is -1.98. The van der Waals surface area contributed by atoms with Crippen molar-refractivity contribution in [2.24, 2.45) is 5.92 Å². The van der Waals surface area contributed by atoms with Gasteiger partial charge in [-0.25, -0.2) is 9.97 Å². The van der Waals surface area contributed by atoms with Crippen LogP contribution in [0.3, 0.4) is 0 Å². The number of nitrogens with zero attached hydrogens (tertiary/aromatic N) is 3. The van der Waals surface area contributed by atoms with E-state index in [-0.39, 0.29) is 18.9 Å². The van der Waals surface area contributed by atoms with Crippen molar-refractivity contribution >= 4 is 17.8 Å². The average molecular weight is 235 g/mol. The van der Waals surface area contributed by atoms with E-state index in [4.69, 9.17) is 5.11 Å². The predicted octanol–water partition coefficient (Wildman–Crippen LogP) is 0.531. The van der Waals surface area contributed by atoms with Gasteiger partial charge in [0.15, 0.2) is 0 Å². The predicted molar refractivity (Wildman–Crippen MR) is 59.6 cm³/mol. The molecule has 0 saturated carbocycles. The Labute approximate surface area is 98.3 Å². The number of carboxylic acid groups (broad SMARTS) is 1. The van der Waals surface area contributed by atoms with Crippen molar-refractivity contribution < 1.29 is 14.7 Å². The van der Waals surface area contributed by atoms with Crippen molar-refractivity contribution in [3.05, 3.63) is 17.5 Å².